The lowest BCUT2D eigenvalue weighted by Crippen LogP contribution is -2.57. The van der Waals surface area contributed by atoms with Crippen molar-refractivity contribution in [1.82, 2.24) is 10.2 Å². The molecule has 0 aromatic heterocycles. The molecule has 118 valence electrons. The van der Waals surface area contributed by atoms with Crippen LogP contribution in [0, 0.1) is 11.3 Å². The number of amides is 2. The van der Waals surface area contributed by atoms with Gasteiger partial charge in [0, 0.05) is 31.5 Å². The van der Waals surface area contributed by atoms with Gasteiger partial charge < -0.3 is 10.2 Å². The molecule has 0 aromatic carbocycles. The normalized spacial score (nSPS) is 36.6. The predicted molar refractivity (Wildman–Crippen MR) is 81.7 cm³/mol. The SMILES string of the molecule is CC(=O)N1CCC(C(=O)NC23CCC(C)(CC2)CC3)CC1. The number of piperidine rings is 1. The number of rotatable bonds is 2. The van der Waals surface area contributed by atoms with E-state index in [1.165, 1.54) is 19.3 Å². The Balaban J connectivity index is 1.54. The molecule has 4 aliphatic rings. The number of nitrogens with one attached hydrogen (secondary N) is 1. The van der Waals surface area contributed by atoms with Crippen LogP contribution in [0.2, 0.25) is 0 Å². The Morgan fingerprint density at radius 2 is 1.52 bits per heavy atom. The van der Waals surface area contributed by atoms with Gasteiger partial charge in [-0.25, -0.2) is 0 Å². The van der Waals surface area contributed by atoms with E-state index in [4.69, 9.17) is 0 Å². The molecule has 1 saturated heterocycles. The highest BCUT2D eigenvalue weighted by molar-refractivity contribution is 5.80. The smallest absolute Gasteiger partial charge is 0.223 e. The van der Waals surface area contributed by atoms with Crippen molar-refractivity contribution in [2.75, 3.05) is 13.1 Å². The molecular formula is C17H28N2O2. The lowest BCUT2D eigenvalue weighted by molar-refractivity contribution is -0.135. The van der Waals surface area contributed by atoms with E-state index >= 15 is 0 Å². The van der Waals surface area contributed by atoms with Crippen molar-refractivity contribution in [2.24, 2.45) is 11.3 Å². The highest BCUT2D eigenvalue weighted by atomic mass is 16.2. The van der Waals surface area contributed by atoms with E-state index in [1.807, 2.05) is 4.90 Å². The zero-order valence-electron chi connectivity index (χ0n) is 13.4. The van der Waals surface area contributed by atoms with Crippen molar-refractivity contribution in [3.63, 3.8) is 0 Å². The summed E-state index contributed by atoms with van der Waals surface area (Å²) in [5, 5.41) is 3.41. The maximum absolute atomic E-state index is 12.6. The molecule has 0 spiro atoms. The number of fused-ring (bicyclic) bond motifs is 3. The Bertz CT molecular complexity index is 414. The molecule has 21 heavy (non-hydrogen) atoms. The first-order chi connectivity index (χ1) is 9.91. The maximum atomic E-state index is 12.6. The van der Waals surface area contributed by atoms with Gasteiger partial charge >= 0.3 is 0 Å². The van der Waals surface area contributed by atoms with Gasteiger partial charge in [-0.05, 0) is 56.8 Å². The summed E-state index contributed by atoms with van der Waals surface area (Å²) in [5.41, 5.74) is 0.631. The molecule has 0 radical (unpaired) electrons. The number of carbonyl (C=O) groups excluding carboxylic acids is 2. The topological polar surface area (TPSA) is 49.4 Å². The van der Waals surface area contributed by atoms with Gasteiger partial charge in [-0.3, -0.25) is 9.59 Å². The third-order valence-electron chi connectivity index (χ3n) is 6.32. The van der Waals surface area contributed by atoms with Crippen LogP contribution in [0.4, 0.5) is 0 Å². The molecule has 0 aromatic rings. The summed E-state index contributed by atoms with van der Waals surface area (Å²) in [6.07, 6.45) is 8.88. The zero-order valence-corrected chi connectivity index (χ0v) is 13.4. The van der Waals surface area contributed by atoms with E-state index in [-0.39, 0.29) is 23.3 Å². The van der Waals surface area contributed by atoms with E-state index in [2.05, 4.69) is 12.2 Å². The van der Waals surface area contributed by atoms with E-state index in [1.54, 1.807) is 6.92 Å². The molecule has 4 fully saturated rings. The van der Waals surface area contributed by atoms with Crippen LogP contribution in [0.1, 0.15) is 65.2 Å². The average Bonchev–Trinajstić information content (AvgIpc) is 2.49. The predicted octanol–water partition coefficient (Wildman–Crippen LogP) is 2.47. The fourth-order valence-electron chi connectivity index (χ4n) is 4.38. The van der Waals surface area contributed by atoms with E-state index in [0.717, 1.165) is 45.2 Å². The number of carbonyl (C=O) groups is 2. The number of nitrogens with zero attached hydrogens (tertiary/aromatic N) is 1. The Morgan fingerprint density at radius 3 is 2.00 bits per heavy atom. The quantitative estimate of drug-likeness (QED) is 0.850. The van der Waals surface area contributed by atoms with E-state index < -0.39 is 0 Å². The fraction of sp³-hybridized carbons (Fsp3) is 0.882. The Morgan fingerprint density at radius 1 is 1.00 bits per heavy atom. The minimum atomic E-state index is 0.0898. The van der Waals surface area contributed by atoms with Crippen LogP contribution >= 0.6 is 0 Å². The van der Waals surface area contributed by atoms with Crippen molar-refractivity contribution < 1.29 is 9.59 Å². The molecule has 0 atom stereocenters. The first-order valence-electron chi connectivity index (χ1n) is 8.49. The van der Waals surface area contributed by atoms with Crippen LogP contribution in [0.15, 0.2) is 0 Å². The number of hydrogen-bond acceptors (Lipinski definition) is 2. The third-order valence-corrected chi connectivity index (χ3v) is 6.32. The maximum Gasteiger partial charge on any atom is 0.223 e. The standard InChI is InChI=1S/C17H28N2O2/c1-13(20)19-11-3-14(4-12-19)15(21)18-17-8-5-16(2,6-9-17)7-10-17/h14H,3-12H2,1-2H3,(H,18,21). The van der Waals surface area contributed by atoms with Crippen LogP contribution in [-0.2, 0) is 9.59 Å². The summed E-state index contributed by atoms with van der Waals surface area (Å²) in [7, 11) is 0. The van der Waals surface area contributed by atoms with Crippen LogP contribution < -0.4 is 5.32 Å². The van der Waals surface area contributed by atoms with Crippen molar-refractivity contribution in [1.29, 1.82) is 0 Å². The number of likely N-dealkylation sites (tertiary alicyclic amines) is 1. The molecule has 3 aliphatic carbocycles. The second kappa shape index (κ2) is 5.29. The average molecular weight is 292 g/mol. The Hall–Kier alpha value is -1.06. The molecule has 1 heterocycles. The molecule has 1 aliphatic heterocycles. The number of hydrogen-bond donors (Lipinski definition) is 1. The van der Waals surface area contributed by atoms with Gasteiger partial charge in [0.25, 0.3) is 0 Å². The van der Waals surface area contributed by atoms with Crippen LogP contribution in [0.25, 0.3) is 0 Å². The van der Waals surface area contributed by atoms with Gasteiger partial charge in [-0.15, -0.1) is 0 Å². The highest BCUT2D eigenvalue weighted by Gasteiger charge is 2.47. The molecular weight excluding hydrogens is 264 g/mol. The molecule has 0 unspecified atom stereocenters. The van der Waals surface area contributed by atoms with Gasteiger partial charge in [0.2, 0.25) is 11.8 Å². The third kappa shape index (κ3) is 2.95. The monoisotopic (exact) mass is 292 g/mol. The van der Waals surface area contributed by atoms with Crippen molar-refractivity contribution in [2.45, 2.75) is 70.8 Å². The lowest BCUT2D eigenvalue weighted by Gasteiger charge is -2.52. The van der Waals surface area contributed by atoms with Gasteiger partial charge in [-0.1, -0.05) is 6.92 Å². The minimum absolute atomic E-state index is 0.0898. The van der Waals surface area contributed by atoms with Crippen LogP contribution in [-0.4, -0.2) is 35.3 Å². The van der Waals surface area contributed by atoms with E-state index in [0.29, 0.717) is 5.41 Å². The lowest BCUT2D eigenvalue weighted by atomic mass is 9.58. The molecule has 4 nitrogen and oxygen atoms in total. The summed E-state index contributed by atoms with van der Waals surface area (Å²) < 4.78 is 0. The Kier molecular flexibility index (Phi) is 3.74. The molecule has 2 bridgehead atoms. The summed E-state index contributed by atoms with van der Waals surface area (Å²) >= 11 is 0. The van der Waals surface area contributed by atoms with Crippen molar-refractivity contribution in [3.8, 4) is 0 Å². The van der Waals surface area contributed by atoms with Gasteiger partial charge in [0.1, 0.15) is 0 Å². The first-order valence-corrected chi connectivity index (χ1v) is 8.49. The summed E-state index contributed by atoms with van der Waals surface area (Å²) in [5.74, 6) is 0.472. The van der Waals surface area contributed by atoms with Crippen molar-refractivity contribution in [3.05, 3.63) is 0 Å². The highest BCUT2D eigenvalue weighted by Crippen LogP contribution is 2.52. The molecule has 4 heteroatoms. The summed E-state index contributed by atoms with van der Waals surface area (Å²) in [6.45, 7) is 5.48. The first kappa shape index (κ1) is 14.9. The summed E-state index contributed by atoms with van der Waals surface area (Å²) in [4.78, 5) is 25.8. The van der Waals surface area contributed by atoms with Gasteiger partial charge in [-0.2, -0.15) is 0 Å². The fourth-order valence-corrected chi connectivity index (χ4v) is 4.38. The molecule has 4 rings (SSSR count). The second-order valence-electron chi connectivity index (χ2n) is 7.86. The second-order valence-corrected chi connectivity index (χ2v) is 7.86. The molecule has 1 N–H and O–H groups in total. The molecule has 3 saturated carbocycles. The Labute approximate surface area is 127 Å². The minimum Gasteiger partial charge on any atom is -0.350 e. The van der Waals surface area contributed by atoms with Crippen LogP contribution in [0.5, 0.6) is 0 Å². The van der Waals surface area contributed by atoms with Gasteiger partial charge in [0.05, 0.1) is 0 Å². The van der Waals surface area contributed by atoms with Gasteiger partial charge in [0.15, 0.2) is 0 Å². The van der Waals surface area contributed by atoms with Crippen LogP contribution in [0.3, 0.4) is 0 Å². The summed E-state index contributed by atoms with van der Waals surface area (Å²) in [6, 6.07) is 0. The zero-order chi connectivity index (χ0) is 15.1. The van der Waals surface area contributed by atoms with Crippen molar-refractivity contribution >= 4 is 11.8 Å². The largest absolute Gasteiger partial charge is 0.350 e. The van der Waals surface area contributed by atoms with E-state index in [9.17, 15) is 9.59 Å². The molecule has 2 amide bonds.